The molecule has 15 heavy (non-hydrogen) atoms. The maximum Gasteiger partial charge on any atom is 0.200 e. The zero-order chi connectivity index (χ0) is 11.4. The summed E-state index contributed by atoms with van der Waals surface area (Å²) in [6.45, 7) is 0.253. The molecule has 0 aliphatic heterocycles. The highest BCUT2D eigenvalue weighted by Gasteiger charge is 2.19. The summed E-state index contributed by atoms with van der Waals surface area (Å²) >= 11 is 0. The predicted octanol–water partition coefficient (Wildman–Crippen LogP) is 1.36. The third kappa shape index (κ3) is 2.43. The Morgan fingerprint density at radius 3 is 2.67 bits per heavy atom. The molecule has 0 saturated carbocycles. The van der Waals surface area contributed by atoms with E-state index in [0.717, 1.165) is 6.07 Å². The van der Waals surface area contributed by atoms with Crippen LogP contribution in [0.15, 0.2) is 12.1 Å². The van der Waals surface area contributed by atoms with E-state index in [4.69, 9.17) is 10.5 Å². The Balaban J connectivity index is 3.12. The minimum atomic E-state index is -1.09. The summed E-state index contributed by atoms with van der Waals surface area (Å²) in [7, 11) is 1.22. The number of nitrogens with two attached hydrogens (primary N) is 1. The molecule has 0 heterocycles. The van der Waals surface area contributed by atoms with Crippen LogP contribution in [0.25, 0.3) is 0 Å². The highest BCUT2D eigenvalue weighted by molar-refractivity contribution is 5.37. The van der Waals surface area contributed by atoms with Gasteiger partial charge in [-0.3, -0.25) is 0 Å². The Bertz CT molecular complexity index is 344. The van der Waals surface area contributed by atoms with Crippen molar-refractivity contribution in [3.8, 4) is 5.75 Å². The zero-order valence-corrected chi connectivity index (χ0v) is 8.34. The summed E-state index contributed by atoms with van der Waals surface area (Å²) < 4.78 is 30.8. The number of aliphatic hydroxyl groups is 1. The van der Waals surface area contributed by atoms with Crippen LogP contribution in [0, 0.1) is 11.6 Å². The number of hydrogen-bond donors (Lipinski definition) is 2. The topological polar surface area (TPSA) is 55.5 Å². The standard InChI is InChI=1S/C10H13F2NO2/c1-15-10-6(8(14)4-5-13)2-3-7(11)9(10)12/h2-3,8,14H,4-5,13H2,1H3/t8-/m0/s1. The average molecular weight is 217 g/mol. The van der Waals surface area contributed by atoms with Crippen molar-refractivity contribution < 1.29 is 18.6 Å². The van der Waals surface area contributed by atoms with E-state index in [2.05, 4.69) is 0 Å². The maximum atomic E-state index is 13.2. The zero-order valence-electron chi connectivity index (χ0n) is 8.34. The van der Waals surface area contributed by atoms with Crippen LogP contribution in [-0.4, -0.2) is 18.8 Å². The lowest BCUT2D eigenvalue weighted by atomic mass is 10.1. The molecular weight excluding hydrogens is 204 g/mol. The van der Waals surface area contributed by atoms with Gasteiger partial charge in [-0.1, -0.05) is 0 Å². The monoisotopic (exact) mass is 217 g/mol. The van der Waals surface area contributed by atoms with Gasteiger partial charge in [0.1, 0.15) is 0 Å². The van der Waals surface area contributed by atoms with Crippen LogP contribution in [-0.2, 0) is 0 Å². The van der Waals surface area contributed by atoms with Crippen LogP contribution in [0.2, 0.25) is 0 Å². The highest BCUT2D eigenvalue weighted by Crippen LogP contribution is 2.30. The first kappa shape index (κ1) is 11.9. The van der Waals surface area contributed by atoms with Gasteiger partial charge in [0.25, 0.3) is 0 Å². The maximum absolute atomic E-state index is 13.2. The van der Waals surface area contributed by atoms with E-state index < -0.39 is 17.7 Å². The molecule has 3 nitrogen and oxygen atoms in total. The minimum Gasteiger partial charge on any atom is -0.493 e. The molecule has 0 unspecified atom stereocenters. The van der Waals surface area contributed by atoms with E-state index in [-0.39, 0.29) is 24.3 Å². The third-order valence-corrected chi connectivity index (χ3v) is 2.08. The lowest BCUT2D eigenvalue weighted by Gasteiger charge is -2.14. The molecule has 1 rings (SSSR count). The smallest absolute Gasteiger partial charge is 0.200 e. The molecule has 5 heteroatoms. The largest absolute Gasteiger partial charge is 0.493 e. The minimum absolute atomic E-state index is 0.210. The summed E-state index contributed by atoms with van der Waals surface area (Å²) in [5.41, 5.74) is 5.47. The van der Waals surface area contributed by atoms with E-state index >= 15 is 0 Å². The van der Waals surface area contributed by atoms with Gasteiger partial charge in [0.05, 0.1) is 13.2 Å². The van der Waals surface area contributed by atoms with Crippen molar-refractivity contribution in [2.75, 3.05) is 13.7 Å². The van der Waals surface area contributed by atoms with Crippen LogP contribution < -0.4 is 10.5 Å². The van der Waals surface area contributed by atoms with Gasteiger partial charge < -0.3 is 15.6 Å². The van der Waals surface area contributed by atoms with Crippen molar-refractivity contribution in [3.05, 3.63) is 29.3 Å². The van der Waals surface area contributed by atoms with Gasteiger partial charge in [-0.05, 0) is 25.1 Å². The number of hydrogen-bond acceptors (Lipinski definition) is 3. The quantitative estimate of drug-likeness (QED) is 0.800. The van der Waals surface area contributed by atoms with Gasteiger partial charge >= 0.3 is 0 Å². The second kappa shape index (κ2) is 5.04. The van der Waals surface area contributed by atoms with Crippen LogP contribution in [0.4, 0.5) is 8.78 Å². The third-order valence-electron chi connectivity index (χ3n) is 2.08. The summed E-state index contributed by atoms with van der Waals surface area (Å²) in [5.74, 6) is -2.36. The molecule has 3 N–H and O–H groups in total. The Kier molecular flexibility index (Phi) is 3.99. The number of aliphatic hydroxyl groups excluding tert-OH is 1. The number of rotatable bonds is 4. The van der Waals surface area contributed by atoms with Crippen LogP contribution >= 0.6 is 0 Å². The molecule has 84 valence electrons. The molecule has 1 atom stereocenters. The molecule has 0 spiro atoms. The van der Waals surface area contributed by atoms with Gasteiger partial charge in [0.2, 0.25) is 5.82 Å². The van der Waals surface area contributed by atoms with Crippen molar-refractivity contribution in [1.82, 2.24) is 0 Å². The molecular formula is C10H13F2NO2. The van der Waals surface area contributed by atoms with Gasteiger partial charge in [0, 0.05) is 5.56 Å². The highest BCUT2D eigenvalue weighted by atomic mass is 19.2. The molecule has 0 aliphatic rings. The van der Waals surface area contributed by atoms with Gasteiger partial charge in [-0.25, -0.2) is 4.39 Å². The van der Waals surface area contributed by atoms with Gasteiger partial charge in [-0.15, -0.1) is 0 Å². The van der Waals surface area contributed by atoms with Crippen molar-refractivity contribution >= 4 is 0 Å². The molecule has 1 aromatic carbocycles. The second-order valence-electron chi connectivity index (χ2n) is 3.08. The van der Waals surface area contributed by atoms with E-state index in [0.29, 0.717) is 0 Å². The number of ether oxygens (including phenoxy) is 1. The fraction of sp³-hybridized carbons (Fsp3) is 0.400. The Labute approximate surface area is 86.5 Å². The molecule has 0 aliphatic carbocycles. The van der Waals surface area contributed by atoms with Crippen LogP contribution in [0.1, 0.15) is 18.1 Å². The Morgan fingerprint density at radius 1 is 1.47 bits per heavy atom. The van der Waals surface area contributed by atoms with E-state index in [1.165, 1.54) is 13.2 Å². The molecule has 1 aromatic rings. The van der Waals surface area contributed by atoms with Gasteiger partial charge in [-0.2, -0.15) is 4.39 Å². The van der Waals surface area contributed by atoms with E-state index in [1.54, 1.807) is 0 Å². The fourth-order valence-electron chi connectivity index (χ4n) is 1.33. The first-order valence-electron chi connectivity index (χ1n) is 4.51. The Morgan fingerprint density at radius 2 is 2.13 bits per heavy atom. The van der Waals surface area contributed by atoms with Crippen LogP contribution in [0.5, 0.6) is 5.75 Å². The fourth-order valence-corrected chi connectivity index (χ4v) is 1.33. The summed E-state index contributed by atoms with van der Waals surface area (Å²) in [5, 5.41) is 9.60. The molecule has 0 bridgehead atoms. The first-order chi connectivity index (χ1) is 7.11. The molecule has 0 aromatic heterocycles. The SMILES string of the molecule is COc1c([C@@H](O)CCN)ccc(F)c1F. The molecule has 0 fully saturated rings. The van der Waals surface area contributed by atoms with Gasteiger partial charge in [0.15, 0.2) is 11.6 Å². The predicted molar refractivity (Wildman–Crippen MR) is 51.5 cm³/mol. The van der Waals surface area contributed by atoms with E-state index in [1.807, 2.05) is 0 Å². The Hall–Kier alpha value is -1.20. The first-order valence-corrected chi connectivity index (χ1v) is 4.51. The van der Waals surface area contributed by atoms with Crippen LogP contribution in [0.3, 0.4) is 0 Å². The number of halogens is 2. The summed E-state index contributed by atoms with van der Waals surface area (Å²) in [6, 6.07) is 2.24. The lowest BCUT2D eigenvalue weighted by Crippen LogP contribution is -2.09. The molecule has 0 saturated heterocycles. The second-order valence-corrected chi connectivity index (χ2v) is 3.08. The summed E-state index contributed by atoms with van der Waals surface area (Å²) in [6.07, 6.45) is -0.679. The number of benzene rings is 1. The molecule has 0 amide bonds. The number of methoxy groups -OCH3 is 1. The summed E-state index contributed by atoms with van der Waals surface area (Å²) in [4.78, 5) is 0. The van der Waals surface area contributed by atoms with E-state index in [9.17, 15) is 13.9 Å². The molecule has 0 radical (unpaired) electrons. The van der Waals surface area contributed by atoms with Crippen molar-refractivity contribution in [3.63, 3.8) is 0 Å². The normalized spacial score (nSPS) is 12.6. The van der Waals surface area contributed by atoms with Crippen molar-refractivity contribution in [2.45, 2.75) is 12.5 Å². The lowest BCUT2D eigenvalue weighted by molar-refractivity contribution is 0.164. The average Bonchev–Trinajstić information content (AvgIpc) is 2.22. The van der Waals surface area contributed by atoms with Crippen molar-refractivity contribution in [2.24, 2.45) is 5.73 Å². The van der Waals surface area contributed by atoms with Crippen molar-refractivity contribution in [1.29, 1.82) is 0 Å².